The minimum Gasteiger partial charge on any atom is -0.445 e. The molecular formula is C13H19NO3. The lowest BCUT2D eigenvalue weighted by molar-refractivity contribution is 0.0456. The smallest absolute Gasteiger partial charge is 0.410 e. The van der Waals surface area contributed by atoms with E-state index in [2.05, 4.69) is 0 Å². The van der Waals surface area contributed by atoms with E-state index >= 15 is 0 Å². The summed E-state index contributed by atoms with van der Waals surface area (Å²) in [5.74, 6) is 0. The highest BCUT2D eigenvalue weighted by atomic mass is 16.6. The largest absolute Gasteiger partial charge is 0.445 e. The third kappa shape index (κ3) is 3.75. The summed E-state index contributed by atoms with van der Waals surface area (Å²) in [5, 5.41) is 9.15. The van der Waals surface area contributed by atoms with Gasteiger partial charge in [-0.15, -0.1) is 0 Å². The van der Waals surface area contributed by atoms with Gasteiger partial charge in [-0.25, -0.2) is 4.79 Å². The third-order valence-corrected chi connectivity index (χ3v) is 2.77. The Labute approximate surface area is 102 Å². The van der Waals surface area contributed by atoms with E-state index < -0.39 is 11.6 Å². The molecule has 1 aromatic carbocycles. The molecule has 1 amide bonds. The van der Waals surface area contributed by atoms with Crippen molar-refractivity contribution in [2.24, 2.45) is 0 Å². The summed E-state index contributed by atoms with van der Waals surface area (Å²) in [6.45, 7) is 3.68. The van der Waals surface area contributed by atoms with Crippen molar-refractivity contribution in [1.82, 2.24) is 4.90 Å². The maximum absolute atomic E-state index is 11.7. The molecule has 0 heterocycles. The number of hydrogen-bond acceptors (Lipinski definition) is 3. The van der Waals surface area contributed by atoms with Crippen LogP contribution in [0.1, 0.15) is 19.4 Å². The average Bonchev–Trinajstić information content (AvgIpc) is 2.36. The molecular weight excluding hydrogens is 218 g/mol. The van der Waals surface area contributed by atoms with Crippen LogP contribution in [0.5, 0.6) is 0 Å². The van der Waals surface area contributed by atoms with E-state index in [1.165, 1.54) is 4.90 Å². The zero-order valence-electron chi connectivity index (χ0n) is 10.5. The van der Waals surface area contributed by atoms with Crippen LogP contribution >= 0.6 is 0 Å². The van der Waals surface area contributed by atoms with E-state index in [0.29, 0.717) is 0 Å². The fourth-order valence-electron chi connectivity index (χ4n) is 1.17. The van der Waals surface area contributed by atoms with Crippen molar-refractivity contribution in [1.29, 1.82) is 0 Å². The molecule has 1 N–H and O–H groups in total. The summed E-state index contributed by atoms with van der Waals surface area (Å²) >= 11 is 0. The first-order valence-electron chi connectivity index (χ1n) is 5.53. The number of ether oxygens (including phenoxy) is 1. The third-order valence-electron chi connectivity index (χ3n) is 2.77. The molecule has 4 nitrogen and oxygen atoms in total. The zero-order chi connectivity index (χ0) is 12.9. The molecule has 0 fully saturated rings. The first kappa shape index (κ1) is 13.5. The van der Waals surface area contributed by atoms with Gasteiger partial charge < -0.3 is 14.7 Å². The Morgan fingerprint density at radius 1 is 1.35 bits per heavy atom. The molecule has 0 aliphatic rings. The molecule has 1 aromatic rings. The van der Waals surface area contributed by atoms with E-state index in [0.717, 1.165) is 5.56 Å². The van der Waals surface area contributed by atoms with Crippen molar-refractivity contribution < 1.29 is 14.6 Å². The second-order valence-corrected chi connectivity index (χ2v) is 4.57. The maximum atomic E-state index is 11.7. The van der Waals surface area contributed by atoms with Crippen LogP contribution < -0.4 is 0 Å². The number of aliphatic hydroxyl groups excluding tert-OH is 1. The van der Waals surface area contributed by atoms with Crippen LogP contribution in [-0.2, 0) is 11.3 Å². The summed E-state index contributed by atoms with van der Waals surface area (Å²) in [6.07, 6.45) is -0.437. The quantitative estimate of drug-likeness (QED) is 0.871. The minimum atomic E-state index is -0.617. The van der Waals surface area contributed by atoms with Crippen LogP contribution in [0.2, 0.25) is 0 Å². The van der Waals surface area contributed by atoms with E-state index in [1.54, 1.807) is 20.9 Å². The number of likely N-dealkylation sites (N-methyl/N-ethyl adjacent to an activating group) is 1. The van der Waals surface area contributed by atoms with Crippen molar-refractivity contribution in [3.05, 3.63) is 35.9 Å². The van der Waals surface area contributed by atoms with Gasteiger partial charge in [0.05, 0.1) is 12.1 Å². The zero-order valence-corrected chi connectivity index (χ0v) is 10.5. The summed E-state index contributed by atoms with van der Waals surface area (Å²) in [4.78, 5) is 13.1. The fourth-order valence-corrected chi connectivity index (χ4v) is 1.17. The molecule has 0 radical (unpaired) electrons. The van der Waals surface area contributed by atoms with Crippen molar-refractivity contribution >= 4 is 6.09 Å². The Balaban J connectivity index is 2.51. The highest BCUT2D eigenvalue weighted by Gasteiger charge is 2.27. The number of carbonyl (C=O) groups is 1. The van der Waals surface area contributed by atoms with E-state index in [1.807, 2.05) is 30.3 Å². The predicted octanol–water partition coefficient (Wildman–Crippen LogP) is 2.03. The highest BCUT2D eigenvalue weighted by molar-refractivity contribution is 5.68. The highest BCUT2D eigenvalue weighted by Crippen LogP contribution is 2.13. The average molecular weight is 237 g/mol. The molecule has 0 unspecified atom stereocenters. The first-order chi connectivity index (χ1) is 7.97. The monoisotopic (exact) mass is 237 g/mol. The van der Waals surface area contributed by atoms with Crippen LogP contribution in [0.15, 0.2) is 30.3 Å². The number of amides is 1. The number of aliphatic hydroxyl groups is 1. The summed E-state index contributed by atoms with van der Waals surface area (Å²) in [7, 11) is 1.61. The lowest BCUT2D eigenvalue weighted by Crippen LogP contribution is -2.47. The molecule has 17 heavy (non-hydrogen) atoms. The molecule has 1 rings (SSSR count). The van der Waals surface area contributed by atoms with Gasteiger partial charge in [0.25, 0.3) is 0 Å². The van der Waals surface area contributed by atoms with Gasteiger partial charge in [-0.05, 0) is 19.4 Å². The molecule has 0 aliphatic heterocycles. The van der Waals surface area contributed by atoms with Crippen LogP contribution in [0.4, 0.5) is 4.79 Å². The van der Waals surface area contributed by atoms with Crippen molar-refractivity contribution in [3.8, 4) is 0 Å². The molecule has 0 atom stereocenters. The molecule has 0 aromatic heterocycles. The molecule has 94 valence electrons. The Kier molecular flexibility index (Phi) is 4.52. The van der Waals surface area contributed by atoms with Gasteiger partial charge in [-0.3, -0.25) is 0 Å². The lowest BCUT2D eigenvalue weighted by Gasteiger charge is -2.32. The number of hydrogen-bond donors (Lipinski definition) is 1. The van der Waals surface area contributed by atoms with Gasteiger partial charge in [-0.1, -0.05) is 30.3 Å². The van der Waals surface area contributed by atoms with Gasteiger partial charge in [0.2, 0.25) is 0 Å². The molecule has 4 heteroatoms. The Hall–Kier alpha value is -1.55. The number of benzene rings is 1. The first-order valence-corrected chi connectivity index (χ1v) is 5.53. The summed E-state index contributed by atoms with van der Waals surface area (Å²) in [6, 6.07) is 9.48. The number of nitrogens with zero attached hydrogens (tertiary/aromatic N) is 1. The fraction of sp³-hybridized carbons (Fsp3) is 0.462. The van der Waals surface area contributed by atoms with Crippen LogP contribution in [0.25, 0.3) is 0 Å². The van der Waals surface area contributed by atoms with Gasteiger partial charge in [-0.2, -0.15) is 0 Å². The summed E-state index contributed by atoms with van der Waals surface area (Å²) < 4.78 is 5.15. The van der Waals surface area contributed by atoms with Gasteiger partial charge in [0.1, 0.15) is 6.61 Å². The van der Waals surface area contributed by atoms with E-state index in [-0.39, 0.29) is 13.2 Å². The van der Waals surface area contributed by atoms with Gasteiger partial charge in [0.15, 0.2) is 0 Å². The second-order valence-electron chi connectivity index (χ2n) is 4.57. The number of carbonyl (C=O) groups excluding carboxylic acids is 1. The molecule has 0 bridgehead atoms. The molecule has 0 saturated carbocycles. The molecule has 0 saturated heterocycles. The Morgan fingerprint density at radius 3 is 2.47 bits per heavy atom. The SMILES string of the molecule is CN(C(=O)OCc1ccccc1)C(C)(C)CO. The second kappa shape index (κ2) is 5.68. The van der Waals surface area contributed by atoms with Crippen LogP contribution in [0.3, 0.4) is 0 Å². The van der Waals surface area contributed by atoms with Crippen LogP contribution in [-0.4, -0.2) is 35.3 Å². The van der Waals surface area contributed by atoms with Gasteiger partial charge in [0, 0.05) is 7.05 Å². The van der Waals surface area contributed by atoms with Crippen molar-refractivity contribution in [2.45, 2.75) is 26.0 Å². The van der Waals surface area contributed by atoms with Crippen molar-refractivity contribution in [2.75, 3.05) is 13.7 Å². The van der Waals surface area contributed by atoms with Gasteiger partial charge >= 0.3 is 6.09 Å². The molecule has 0 spiro atoms. The standard InChI is InChI=1S/C13H19NO3/c1-13(2,10-15)14(3)12(16)17-9-11-7-5-4-6-8-11/h4-8,15H,9-10H2,1-3H3. The maximum Gasteiger partial charge on any atom is 0.410 e. The summed E-state index contributed by atoms with van der Waals surface area (Å²) in [5.41, 5.74) is 0.324. The normalized spacial score (nSPS) is 11.1. The lowest BCUT2D eigenvalue weighted by atomic mass is 10.1. The van der Waals surface area contributed by atoms with Crippen molar-refractivity contribution in [3.63, 3.8) is 0 Å². The molecule has 0 aliphatic carbocycles. The predicted molar refractivity (Wildman–Crippen MR) is 65.6 cm³/mol. The van der Waals surface area contributed by atoms with E-state index in [4.69, 9.17) is 9.84 Å². The number of rotatable bonds is 4. The van der Waals surface area contributed by atoms with Crippen LogP contribution in [0, 0.1) is 0 Å². The topological polar surface area (TPSA) is 49.8 Å². The van der Waals surface area contributed by atoms with E-state index in [9.17, 15) is 4.79 Å². The Bertz CT molecular complexity index is 362. The Morgan fingerprint density at radius 2 is 1.94 bits per heavy atom. The minimum absolute atomic E-state index is 0.107.